The van der Waals surface area contributed by atoms with Crippen molar-refractivity contribution in [3.63, 3.8) is 0 Å². The number of benzene rings is 2. The number of nitrogens with zero attached hydrogens (tertiary/aromatic N) is 1. The molecule has 120 valence electrons. The van der Waals surface area contributed by atoms with E-state index < -0.39 is 0 Å². The summed E-state index contributed by atoms with van der Waals surface area (Å²) in [5.41, 5.74) is 7.77. The number of aromatic nitrogens is 1. The van der Waals surface area contributed by atoms with Gasteiger partial charge in [0.2, 0.25) is 0 Å². The van der Waals surface area contributed by atoms with Gasteiger partial charge in [-0.25, -0.2) is 0 Å². The zero-order chi connectivity index (χ0) is 16.5. The van der Waals surface area contributed by atoms with Crippen LogP contribution in [0.25, 0.3) is 11.1 Å². The Morgan fingerprint density at radius 2 is 1.83 bits per heavy atom. The lowest BCUT2D eigenvalue weighted by Crippen LogP contribution is -2.08. The van der Waals surface area contributed by atoms with Crippen molar-refractivity contribution in [2.24, 2.45) is 0 Å². The van der Waals surface area contributed by atoms with Crippen LogP contribution in [0.4, 0.5) is 5.69 Å². The van der Waals surface area contributed by atoms with Crippen LogP contribution in [0.1, 0.15) is 29.2 Å². The molecule has 2 nitrogen and oxygen atoms in total. The zero-order valence-corrected chi connectivity index (χ0v) is 15.2. The normalized spacial score (nSPS) is 16.0. The first kappa shape index (κ1) is 15.4. The Bertz CT molecular complexity index is 874. The van der Waals surface area contributed by atoms with Gasteiger partial charge in [0.1, 0.15) is 0 Å². The minimum Gasteiger partial charge on any atom is -0.378 e. The highest BCUT2D eigenvalue weighted by molar-refractivity contribution is 9.10. The molecule has 1 heterocycles. The van der Waals surface area contributed by atoms with Gasteiger partial charge < -0.3 is 5.32 Å². The third-order valence-electron chi connectivity index (χ3n) is 4.77. The molecule has 0 spiro atoms. The van der Waals surface area contributed by atoms with Crippen molar-refractivity contribution in [1.82, 2.24) is 4.98 Å². The van der Waals surface area contributed by atoms with Crippen molar-refractivity contribution < 1.29 is 0 Å². The molecule has 3 aromatic rings. The number of hydrogen-bond acceptors (Lipinski definition) is 2. The van der Waals surface area contributed by atoms with Crippen LogP contribution in [-0.2, 0) is 6.42 Å². The number of nitrogens with one attached hydrogen (secondary N) is 1. The number of fused-ring (bicyclic) bond motifs is 1. The third-order valence-corrected chi connectivity index (χ3v) is 5.26. The molecule has 0 saturated heterocycles. The summed E-state index contributed by atoms with van der Waals surface area (Å²) in [4.78, 5) is 4.11. The van der Waals surface area contributed by atoms with Crippen molar-refractivity contribution in [1.29, 1.82) is 0 Å². The predicted molar refractivity (Wildman–Crippen MR) is 103 cm³/mol. The standard InChI is InChI=1S/C21H19BrN2/c1-14-2-3-17(15-8-10-23-11-9-15)12-21(14)24-20-7-5-16-4-6-18(22)13-19(16)20/h2-4,6,8-13,20,24H,5,7H2,1H3. The van der Waals surface area contributed by atoms with Crippen molar-refractivity contribution in [3.05, 3.63) is 82.1 Å². The van der Waals surface area contributed by atoms with Crippen LogP contribution in [0.5, 0.6) is 0 Å². The molecule has 1 atom stereocenters. The maximum atomic E-state index is 4.11. The highest BCUT2D eigenvalue weighted by Crippen LogP contribution is 2.37. The van der Waals surface area contributed by atoms with E-state index in [1.165, 1.54) is 33.5 Å². The molecule has 0 radical (unpaired) electrons. The molecule has 0 amide bonds. The molecule has 0 fully saturated rings. The lowest BCUT2D eigenvalue weighted by molar-refractivity contribution is 0.761. The molecule has 4 rings (SSSR count). The summed E-state index contributed by atoms with van der Waals surface area (Å²) in [5.74, 6) is 0. The van der Waals surface area contributed by atoms with Crippen molar-refractivity contribution in [2.75, 3.05) is 5.32 Å². The van der Waals surface area contributed by atoms with E-state index in [4.69, 9.17) is 0 Å². The van der Waals surface area contributed by atoms with E-state index in [0.29, 0.717) is 6.04 Å². The third kappa shape index (κ3) is 2.96. The van der Waals surface area contributed by atoms with Gasteiger partial charge in [0, 0.05) is 22.6 Å². The maximum Gasteiger partial charge on any atom is 0.0520 e. The average Bonchev–Trinajstić information content (AvgIpc) is 3.00. The summed E-state index contributed by atoms with van der Waals surface area (Å²) in [7, 11) is 0. The molecule has 0 saturated carbocycles. The highest BCUT2D eigenvalue weighted by atomic mass is 79.9. The molecule has 0 aliphatic heterocycles. The maximum absolute atomic E-state index is 4.11. The van der Waals surface area contributed by atoms with E-state index in [-0.39, 0.29) is 0 Å². The van der Waals surface area contributed by atoms with Crippen molar-refractivity contribution in [3.8, 4) is 11.1 Å². The van der Waals surface area contributed by atoms with E-state index in [1.54, 1.807) is 0 Å². The molecule has 3 heteroatoms. The lowest BCUT2D eigenvalue weighted by atomic mass is 10.0. The Kier molecular flexibility index (Phi) is 4.11. The minimum absolute atomic E-state index is 0.379. The van der Waals surface area contributed by atoms with Gasteiger partial charge in [-0.3, -0.25) is 4.98 Å². The topological polar surface area (TPSA) is 24.9 Å². The average molecular weight is 379 g/mol. The summed E-state index contributed by atoms with van der Waals surface area (Å²) in [6, 6.07) is 17.7. The Balaban J connectivity index is 1.65. The highest BCUT2D eigenvalue weighted by Gasteiger charge is 2.22. The summed E-state index contributed by atoms with van der Waals surface area (Å²) in [5, 5.41) is 3.77. The van der Waals surface area contributed by atoms with E-state index >= 15 is 0 Å². The number of aryl methyl sites for hydroxylation is 2. The van der Waals surface area contributed by atoms with Gasteiger partial charge in [-0.15, -0.1) is 0 Å². The Labute approximate surface area is 151 Å². The largest absolute Gasteiger partial charge is 0.378 e. The molecule has 24 heavy (non-hydrogen) atoms. The lowest BCUT2D eigenvalue weighted by Gasteiger charge is -2.18. The van der Waals surface area contributed by atoms with Crippen LogP contribution >= 0.6 is 15.9 Å². The van der Waals surface area contributed by atoms with Gasteiger partial charge in [-0.05, 0) is 77.9 Å². The van der Waals surface area contributed by atoms with Crippen LogP contribution < -0.4 is 5.32 Å². The number of pyridine rings is 1. The van der Waals surface area contributed by atoms with Crippen LogP contribution in [0.15, 0.2) is 65.4 Å². The molecule has 1 aliphatic carbocycles. The smallest absolute Gasteiger partial charge is 0.0520 e. The summed E-state index contributed by atoms with van der Waals surface area (Å²) < 4.78 is 1.15. The van der Waals surface area contributed by atoms with Crippen LogP contribution in [-0.4, -0.2) is 4.98 Å². The SMILES string of the molecule is Cc1ccc(-c2ccncc2)cc1NC1CCc2ccc(Br)cc21. The van der Waals surface area contributed by atoms with E-state index in [2.05, 4.69) is 81.7 Å². The van der Waals surface area contributed by atoms with E-state index in [1.807, 2.05) is 12.4 Å². The molecule has 2 aromatic carbocycles. The molecule has 1 aromatic heterocycles. The van der Waals surface area contributed by atoms with Crippen LogP contribution in [0.3, 0.4) is 0 Å². The monoisotopic (exact) mass is 378 g/mol. The van der Waals surface area contributed by atoms with Gasteiger partial charge in [-0.2, -0.15) is 0 Å². The van der Waals surface area contributed by atoms with Crippen molar-refractivity contribution >= 4 is 21.6 Å². The quantitative estimate of drug-likeness (QED) is 0.611. The molecule has 1 N–H and O–H groups in total. The number of halogens is 1. The molecule has 0 bridgehead atoms. The van der Waals surface area contributed by atoms with Crippen LogP contribution in [0.2, 0.25) is 0 Å². The second kappa shape index (κ2) is 6.40. The van der Waals surface area contributed by atoms with E-state index in [0.717, 1.165) is 17.3 Å². The fourth-order valence-electron chi connectivity index (χ4n) is 3.41. The van der Waals surface area contributed by atoms with Crippen LogP contribution in [0, 0.1) is 6.92 Å². The first-order valence-electron chi connectivity index (χ1n) is 8.26. The zero-order valence-electron chi connectivity index (χ0n) is 13.6. The Hall–Kier alpha value is -2.13. The molecular formula is C21H19BrN2. The minimum atomic E-state index is 0.379. The van der Waals surface area contributed by atoms with E-state index in [9.17, 15) is 0 Å². The summed E-state index contributed by atoms with van der Waals surface area (Å²) >= 11 is 3.60. The molecular weight excluding hydrogens is 360 g/mol. The van der Waals surface area contributed by atoms with Gasteiger partial charge in [0.25, 0.3) is 0 Å². The Morgan fingerprint density at radius 1 is 1.00 bits per heavy atom. The molecule has 1 unspecified atom stereocenters. The first-order chi connectivity index (χ1) is 11.7. The fourth-order valence-corrected chi connectivity index (χ4v) is 3.79. The fraction of sp³-hybridized carbons (Fsp3) is 0.190. The van der Waals surface area contributed by atoms with Gasteiger partial charge >= 0.3 is 0 Å². The number of rotatable bonds is 3. The Morgan fingerprint density at radius 3 is 2.67 bits per heavy atom. The predicted octanol–water partition coefficient (Wildman–Crippen LogP) is 5.92. The second-order valence-corrected chi connectivity index (χ2v) is 7.26. The number of anilines is 1. The summed E-state index contributed by atoms with van der Waals surface area (Å²) in [6.07, 6.45) is 5.97. The van der Waals surface area contributed by atoms with Gasteiger partial charge in [0.15, 0.2) is 0 Å². The van der Waals surface area contributed by atoms with Crippen molar-refractivity contribution in [2.45, 2.75) is 25.8 Å². The van der Waals surface area contributed by atoms with Gasteiger partial charge in [0.05, 0.1) is 6.04 Å². The summed E-state index contributed by atoms with van der Waals surface area (Å²) in [6.45, 7) is 2.16. The second-order valence-electron chi connectivity index (χ2n) is 6.34. The molecule has 1 aliphatic rings. The first-order valence-corrected chi connectivity index (χ1v) is 9.06. The number of hydrogen-bond donors (Lipinski definition) is 1. The van der Waals surface area contributed by atoms with Gasteiger partial charge in [-0.1, -0.05) is 34.1 Å².